The molecule has 2 N–H and O–H groups in total. The lowest BCUT2D eigenvalue weighted by Gasteiger charge is -2.21. The summed E-state index contributed by atoms with van der Waals surface area (Å²) in [6, 6.07) is 1.51. The molecule has 1 unspecified atom stereocenters. The van der Waals surface area contributed by atoms with Gasteiger partial charge < -0.3 is 5.73 Å². The molecule has 0 aliphatic heterocycles. The first-order chi connectivity index (χ1) is 10.5. The van der Waals surface area contributed by atoms with Crippen LogP contribution in [-0.2, 0) is 10.0 Å². The van der Waals surface area contributed by atoms with Crippen molar-refractivity contribution in [3.63, 3.8) is 0 Å². The number of nitrogens with two attached hydrogens (primary N) is 1. The van der Waals surface area contributed by atoms with Crippen molar-refractivity contribution in [3.05, 3.63) is 33.6 Å². The summed E-state index contributed by atoms with van der Waals surface area (Å²) in [4.78, 5) is 9.69. The second-order valence-electron chi connectivity index (χ2n) is 5.83. The molecule has 0 aromatic heterocycles. The Morgan fingerprint density at radius 3 is 2.43 bits per heavy atom. The zero-order valence-corrected chi connectivity index (χ0v) is 14.4. The highest BCUT2D eigenvalue weighted by Gasteiger charge is 2.26. The number of rotatable bonds is 7. The zero-order chi connectivity index (χ0) is 17.9. The van der Waals surface area contributed by atoms with Crippen molar-refractivity contribution in [2.24, 2.45) is 11.7 Å². The fourth-order valence-electron chi connectivity index (χ4n) is 1.94. The number of nitro groups is 1. The number of hydrogen-bond acceptors (Lipinski definition) is 5. The average molecular weight is 347 g/mol. The van der Waals surface area contributed by atoms with Crippen molar-refractivity contribution in [1.29, 1.82) is 0 Å². The van der Waals surface area contributed by atoms with E-state index in [0.29, 0.717) is 6.42 Å². The van der Waals surface area contributed by atoms with Gasteiger partial charge in [-0.25, -0.2) is 17.1 Å². The van der Waals surface area contributed by atoms with E-state index in [9.17, 15) is 22.9 Å². The van der Waals surface area contributed by atoms with Gasteiger partial charge in [0.25, 0.3) is 5.69 Å². The van der Waals surface area contributed by atoms with Crippen LogP contribution in [0.4, 0.5) is 10.1 Å². The van der Waals surface area contributed by atoms with Gasteiger partial charge in [-0.05, 0) is 25.3 Å². The van der Waals surface area contributed by atoms with Gasteiger partial charge in [0.1, 0.15) is 5.82 Å². The van der Waals surface area contributed by atoms with Gasteiger partial charge >= 0.3 is 0 Å². The van der Waals surface area contributed by atoms with Gasteiger partial charge in [-0.15, -0.1) is 0 Å². The lowest BCUT2D eigenvalue weighted by atomic mass is 10.0. The number of hydrogen-bond donors (Lipinski definition) is 1. The third kappa shape index (κ3) is 4.46. The van der Waals surface area contributed by atoms with Gasteiger partial charge in [-0.2, -0.15) is 0 Å². The molecular formula is C14H22FN3O4S. The van der Waals surface area contributed by atoms with Crippen molar-refractivity contribution < 1.29 is 17.7 Å². The summed E-state index contributed by atoms with van der Waals surface area (Å²) in [5.74, 6) is -0.728. The van der Waals surface area contributed by atoms with E-state index in [4.69, 9.17) is 5.73 Å². The van der Waals surface area contributed by atoms with Gasteiger partial charge in [0.2, 0.25) is 10.0 Å². The molecule has 0 aliphatic carbocycles. The molecule has 0 saturated heterocycles. The molecule has 0 heterocycles. The zero-order valence-electron chi connectivity index (χ0n) is 13.6. The molecule has 1 aromatic carbocycles. The predicted octanol–water partition coefficient (Wildman–Crippen LogP) is 2.04. The van der Waals surface area contributed by atoms with E-state index in [1.165, 1.54) is 14.0 Å². The maximum atomic E-state index is 13.8. The predicted molar refractivity (Wildman–Crippen MR) is 85.0 cm³/mol. The van der Waals surface area contributed by atoms with E-state index in [1.807, 2.05) is 13.8 Å². The minimum absolute atomic E-state index is 0.144. The van der Waals surface area contributed by atoms with Crippen LogP contribution in [0.5, 0.6) is 0 Å². The molecule has 1 atom stereocenters. The average Bonchev–Trinajstić information content (AvgIpc) is 2.46. The molecule has 1 aromatic rings. The van der Waals surface area contributed by atoms with Gasteiger partial charge in [0, 0.05) is 25.7 Å². The minimum atomic E-state index is -4.02. The van der Waals surface area contributed by atoms with E-state index in [2.05, 4.69) is 0 Å². The first-order valence-corrected chi connectivity index (χ1v) is 8.59. The molecule has 7 nitrogen and oxygen atoms in total. The Kier molecular flexibility index (Phi) is 6.20. The third-order valence-electron chi connectivity index (χ3n) is 3.83. The molecular weight excluding hydrogens is 325 g/mol. The number of sulfonamides is 1. The summed E-state index contributed by atoms with van der Waals surface area (Å²) in [5.41, 5.74) is 5.13. The van der Waals surface area contributed by atoms with Crippen LogP contribution in [0.2, 0.25) is 0 Å². The minimum Gasteiger partial charge on any atom is -0.327 e. The lowest BCUT2D eigenvalue weighted by molar-refractivity contribution is -0.385. The van der Waals surface area contributed by atoms with Crippen molar-refractivity contribution in [2.75, 3.05) is 13.6 Å². The summed E-state index contributed by atoms with van der Waals surface area (Å²) >= 11 is 0. The summed E-state index contributed by atoms with van der Waals surface area (Å²) < 4.78 is 39.7. The molecule has 9 heteroatoms. The molecule has 0 radical (unpaired) electrons. The second kappa shape index (κ2) is 7.33. The number of benzene rings is 1. The smallest absolute Gasteiger partial charge is 0.276 e. The standard InChI is InChI=1S/C14H22FN3O4S/c1-9(2)13(16)5-6-17(4)23(21,22)11-7-12(15)10(3)14(8-11)18(19)20/h7-9,13H,5-6,16H2,1-4H3. The number of nitro benzene ring substituents is 1. The van der Waals surface area contributed by atoms with Crippen molar-refractivity contribution >= 4 is 15.7 Å². The molecule has 0 saturated carbocycles. The van der Waals surface area contributed by atoms with Crippen LogP contribution in [-0.4, -0.2) is 37.3 Å². The molecule has 0 fully saturated rings. The van der Waals surface area contributed by atoms with E-state index in [-0.39, 0.29) is 24.1 Å². The molecule has 0 amide bonds. The largest absolute Gasteiger partial charge is 0.327 e. The summed E-state index contributed by atoms with van der Waals surface area (Å²) in [6.45, 7) is 5.23. The monoisotopic (exact) mass is 347 g/mol. The maximum absolute atomic E-state index is 13.8. The maximum Gasteiger partial charge on any atom is 0.276 e. The van der Waals surface area contributed by atoms with Crippen LogP contribution in [0.3, 0.4) is 0 Å². The summed E-state index contributed by atoms with van der Waals surface area (Å²) in [5, 5.41) is 10.9. The van der Waals surface area contributed by atoms with Gasteiger partial charge in [-0.3, -0.25) is 10.1 Å². The van der Waals surface area contributed by atoms with E-state index < -0.39 is 31.3 Å². The molecule has 130 valence electrons. The third-order valence-corrected chi connectivity index (χ3v) is 5.66. The highest BCUT2D eigenvalue weighted by Crippen LogP contribution is 2.27. The fourth-order valence-corrected chi connectivity index (χ4v) is 3.16. The van der Waals surface area contributed by atoms with E-state index in [1.54, 1.807) is 0 Å². The second-order valence-corrected chi connectivity index (χ2v) is 7.87. The Hall–Kier alpha value is -1.58. The quantitative estimate of drug-likeness (QED) is 0.600. The Labute approximate surface area is 135 Å². The van der Waals surface area contributed by atoms with Crippen LogP contribution >= 0.6 is 0 Å². The Balaban J connectivity index is 3.11. The van der Waals surface area contributed by atoms with Crippen LogP contribution in [0, 0.1) is 28.8 Å². The lowest BCUT2D eigenvalue weighted by Crippen LogP contribution is -2.34. The summed E-state index contributed by atoms with van der Waals surface area (Å²) in [7, 11) is -2.68. The van der Waals surface area contributed by atoms with Gasteiger partial charge in [0.15, 0.2) is 0 Å². The van der Waals surface area contributed by atoms with Crippen molar-refractivity contribution in [3.8, 4) is 0 Å². The molecule has 1 rings (SSSR count). The molecule has 0 spiro atoms. The van der Waals surface area contributed by atoms with Gasteiger partial charge in [-0.1, -0.05) is 13.8 Å². The highest BCUT2D eigenvalue weighted by atomic mass is 32.2. The van der Waals surface area contributed by atoms with Crippen LogP contribution in [0.25, 0.3) is 0 Å². The SMILES string of the molecule is Cc1c(F)cc(S(=O)(=O)N(C)CCC(N)C(C)C)cc1[N+](=O)[O-]. The van der Waals surface area contributed by atoms with Crippen LogP contribution in [0.15, 0.2) is 17.0 Å². The fraction of sp³-hybridized carbons (Fsp3) is 0.571. The van der Waals surface area contributed by atoms with Crippen molar-refractivity contribution in [2.45, 2.75) is 38.1 Å². The Bertz CT molecular complexity index is 692. The topological polar surface area (TPSA) is 107 Å². The Morgan fingerprint density at radius 1 is 1.39 bits per heavy atom. The number of halogens is 1. The van der Waals surface area contributed by atoms with Crippen LogP contribution < -0.4 is 5.73 Å². The molecule has 23 heavy (non-hydrogen) atoms. The first-order valence-electron chi connectivity index (χ1n) is 7.15. The Morgan fingerprint density at radius 2 is 1.96 bits per heavy atom. The number of nitrogens with zero attached hydrogens (tertiary/aromatic N) is 2. The van der Waals surface area contributed by atoms with Crippen LogP contribution in [0.1, 0.15) is 25.8 Å². The summed E-state index contributed by atoms with van der Waals surface area (Å²) in [6.07, 6.45) is 0.434. The van der Waals surface area contributed by atoms with E-state index in [0.717, 1.165) is 16.4 Å². The normalized spacial score (nSPS) is 13.6. The van der Waals surface area contributed by atoms with Crippen molar-refractivity contribution in [1.82, 2.24) is 4.31 Å². The first kappa shape index (κ1) is 19.5. The highest BCUT2D eigenvalue weighted by molar-refractivity contribution is 7.89. The van der Waals surface area contributed by atoms with Gasteiger partial charge in [0.05, 0.1) is 15.4 Å². The molecule has 0 bridgehead atoms. The molecule has 0 aliphatic rings. The van der Waals surface area contributed by atoms with E-state index >= 15 is 0 Å².